The van der Waals surface area contributed by atoms with E-state index in [2.05, 4.69) is 17.3 Å². The molecule has 1 unspecified atom stereocenters. The molecule has 4 rings (SSSR count). The molecule has 1 spiro atoms. The van der Waals surface area contributed by atoms with Crippen molar-refractivity contribution in [1.82, 2.24) is 15.2 Å². The lowest BCUT2D eigenvalue weighted by molar-refractivity contribution is -0.150. The standard InChI is InChI=1S/C18H27N3O2S.2ClH/c1-21(12-16-20-14-4-2-3-5-15(14)24-16)11-13-10-18(17(22)23-13)6-8-19-9-7-18;;/h13,19H,2-12H2,1H3;2*1H. The Morgan fingerprint density at radius 2 is 2.00 bits per heavy atom. The van der Waals surface area contributed by atoms with E-state index in [-0.39, 0.29) is 42.3 Å². The Bertz CT molecular complexity index is 596. The highest BCUT2D eigenvalue weighted by Crippen LogP contribution is 2.41. The van der Waals surface area contributed by atoms with Gasteiger partial charge in [0.1, 0.15) is 11.1 Å². The molecule has 148 valence electrons. The molecule has 1 aromatic heterocycles. The number of thiazole rings is 1. The number of cyclic esters (lactones) is 1. The van der Waals surface area contributed by atoms with Crippen LogP contribution < -0.4 is 5.32 Å². The number of hydrogen-bond donors (Lipinski definition) is 1. The number of fused-ring (bicyclic) bond motifs is 1. The maximum absolute atomic E-state index is 12.4. The molecule has 0 amide bonds. The Kier molecular flexibility index (Phi) is 7.74. The van der Waals surface area contributed by atoms with Gasteiger partial charge in [-0.15, -0.1) is 36.2 Å². The van der Waals surface area contributed by atoms with Crippen LogP contribution in [0.4, 0.5) is 0 Å². The van der Waals surface area contributed by atoms with Crippen molar-refractivity contribution in [2.75, 3.05) is 26.7 Å². The summed E-state index contributed by atoms with van der Waals surface area (Å²) in [6, 6.07) is 0. The van der Waals surface area contributed by atoms with E-state index in [1.807, 2.05) is 11.3 Å². The third-order valence-corrected chi connectivity index (χ3v) is 6.84. The number of likely N-dealkylation sites (N-methyl/N-ethyl adjacent to an activating group) is 1. The van der Waals surface area contributed by atoms with E-state index in [4.69, 9.17) is 9.72 Å². The van der Waals surface area contributed by atoms with E-state index in [9.17, 15) is 4.79 Å². The summed E-state index contributed by atoms with van der Waals surface area (Å²) < 4.78 is 5.72. The molecule has 0 saturated carbocycles. The molecule has 0 aromatic carbocycles. The van der Waals surface area contributed by atoms with Crippen LogP contribution in [-0.2, 0) is 28.9 Å². The van der Waals surface area contributed by atoms with E-state index < -0.39 is 0 Å². The smallest absolute Gasteiger partial charge is 0.312 e. The zero-order chi connectivity index (χ0) is 16.6. The minimum absolute atomic E-state index is 0. The van der Waals surface area contributed by atoms with Gasteiger partial charge in [0.15, 0.2) is 0 Å². The number of esters is 1. The van der Waals surface area contributed by atoms with Crippen molar-refractivity contribution in [1.29, 1.82) is 0 Å². The van der Waals surface area contributed by atoms with E-state index in [0.717, 1.165) is 51.9 Å². The molecule has 2 saturated heterocycles. The lowest BCUT2D eigenvalue weighted by Gasteiger charge is -2.29. The number of aryl methyl sites for hydroxylation is 2. The number of carbonyl (C=O) groups is 1. The molecule has 1 N–H and O–H groups in total. The summed E-state index contributed by atoms with van der Waals surface area (Å²) in [5.41, 5.74) is 1.12. The summed E-state index contributed by atoms with van der Waals surface area (Å²) in [5, 5.41) is 4.56. The second-order valence-corrected chi connectivity index (χ2v) is 8.81. The second-order valence-electron chi connectivity index (χ2n) is 7.64. The van der Waals surface area contributed by atoms with Gasteiger partial charge in [0.05, 0.1) is 17.7 Å². The Morgan fingerprint density at radius 3 is 2.73 bits per heavy atom. The quantitative estimate of drug-likeness (QED) is 0.757. The fraction of sp³-hybridized carbons (Fsp3) is 0.778. The molecule has 1 atom stereocenters. The molecule has 2 fully saturated rings. The molecule has 1 aromatic rings. The maximum Gasteiger partial charge on any atom is 0.312 e. The molecule has 26 heavy (non-hydrogen) atoms. The first-order valence-electron chi connectivity index (χ1n) is 9.22. The average molecular weight is 422 g/mol. The van der Waals surface area contributed by atoms with Gasteiger partial charge in [0.25, 0.3) is 0 Å². The van der Waals surface area contributed by atoms with Crippen LogP contribution in [0.3, 0.4) is 0 Å². The summed E-state index contributed by atoms with van der Waals surface area (Å²) in [6.45, 7) is 3.54. The van der Waals surface area contributed by atoms with Crippen molar-refractivity contribution < 1.29 is 9.53 Å². The number of piperidine rings is 1. The van der Waals surface area contributed by atoms with Gasteiger partial charge in [0, 0.05) is 17.8 Å². The van der Waals surface area contributed by atoms with E-state index in [1.54, 1.807) is 0 Å². The van der Waals surface area contributed by atoms with E-state index in [1.165, 1.54) is 34.8 Å². The summed E-state index contributed by atoms with van der Waals surface area (Å²) in [5.74, 6) is 0.0344. The first-order valence-corrected chi connectivity index (χ1v) is 10.0. The topological polar surface area (TPSA) is 54.5 Å². The SMILES string of the molecule is CN(Cc1nc2c(s1)CCCC2)CC1CC2(CCNCC2)C(=O)O1.Cl.Cl. The predicted octanol–water partition coefficient (Wildman–Crippen LogP) is 2.98. The number of carbonyl (C=O) groups excluding carboxylic acids is 1. The Morgan fingerprint density at radius 1 is 1.27 bits per heavy atom. The molecule has 3 aliphatic rings. The van der Waals surface area contributed by atoms with Crippen molar-refractivity contribution in [3.63, 3.8) is 0 Å². The number of nitrogens with one attached hydrogen (secondary N) is 1. The number of ether oxygens (including phenoxy) is 1. The highest BCUT2D eigenvalue weighted by Gasteiger charge is 2.49. The molecule has 5 nitrogen and oxygen atoms in total. The van der Waals surface area contributed by atoms with E-state index >= 15 is 0 Å². The molecule has 0 bridgehead atoms. The van der Waals surface area contributed by atoms with Crippen molar-refractivity contribution >= 4 is 42.1 Å². The highest BCUT2D eigenvalue weighted by atomic mass is 35.5. The summed E-state index contributed by atoms with van der Waals surface area (Å²) >= 11 is 1.87. The van der Waals surface area contributed by atoms with Crippen LogP contribution >= 0.6 is 36.2 Å². The fourth-order valence-electron chi connectivity index (χ4n) is 4.37. The van der Waals surface area contributed by atoms with Gasteiger partial charge in [-0.05, 0) is 58.7 Å². The summed E-state index contributed by atoms with van der Waals surface area (Å²) in [4.78, 5) is 20.9. The molecule has 0 radical (unpaired) electrons. The van der Waals surface area contributed by atoms with Gasteiger partial charge in [0.2, 0.25) is 0 Å². The number of rotatable bonds is 4. The molecule has 2 aliphatic heterocycles. The first kappa shape index (κ1) is 21.9. The Balaban J connectivity index is 0.00000121. The van der Waals surface area contributed by atoms with Gasteiger partial charge in [-0.2, -0.15) is 0 Å². The molecule has 1 aliphatic carbocycles. The van der Waals surface area contributed by atoms with Crippen LogP contribution in [0.25, 0.3) is 0 Å². The van der Waals surface area contributed by atoms with Gasteiger partial charge in [-0.25, -0.2) is 4.98 Å². The fourth-order valence-corrected chi connectivity index (χ4v) is 5.61. The second kappa shape index (κ2) is 9.20. The largest absolute Gasteiger partial charge is 0.461 e. The third kappa shape index (κ3) is 4.53. The van der Waals surface area contributed by atoms with Crippen molar-refractivity contribution in [2.45, 2.75) is 57.6 Å². The van der Waals surface area contributed by atoms with Crippen LogP contribution in [-0.4, -0.2) is 48.6 Å². The molecular formula is C18H29Cl2N3O2S. The number of nitrogens with zero attached hydrogens (tertiary/aromatic N) is 2. The van der Waals surface area contributed by atoms with Gasteiger partial charge < -0.3 is 10.1 Å². The third-order valence-electron chi connectivity index (χ3n) is 5.70. The van der Waals surface area contributed by atoms with Crippen molar-refractivity contribution in [3.05, 3.63) is 15.6 Å². The highest BCUT2D eigenvalue weighted by molar-refractivity contribution is 7.11. The minimum Gasteiger partial charge on any atom is -0.461 e. The lowest BCUT2D eigenvalue weighted by atomic mass is 9.76. The maximum atomic E-state index is 12.4. The Hall–Kier alpha value is -0.400. The Labute approximate surface area is 172 Å². The van der Waals surface area contributed by atoms with Gasteiger partial charge >= 0.3 is 5.97 Å². The van der Waals surface area contributed by atoms with Crippen molar-refractivity contribution in [2.24, 2.45) is 5.41 Å². The minimum atomic E-state index is -0.211. The summed E-state index contributed by atoms with van der Waals surface area (Å²) in [7, 11) is 2.11. The number of halogens is 2. The first-order chi connectivity index (χ1) is 11.6. The van der Waals surface area contributed by atoms with Crippen LogP contribution in [0.15, 0.2) is 0 Å². The van der Waals surface area contributed by atoms with Gasteiger partial charge in [-0.3, -0.25) is 9.69 Å². The monoisotopic (exact) mass is 421 g/mol. The predicted molar refractivity (Wildman–Crippen MR) is 109 cm³/mol. The van der Waals surface area contributed by atoms with E-state index in [0.29, 0.717) is 0 Å². The van der Waals surface area contributed by atoms with Crippen LogP contribution in [0.1, 0.15) is 47.7 Å². The summed E-state index contributed by atoms with van der Waals surface area (Å²) in [6.07, 6.45) is 7.69. The molecule has 3 heterocycles. The average Bonchev–Trinajstić information content (AvgIpc) is 3.09. The zero-order valence-corrected chi connectivity index (χ0v) is 17.7. The van der Waals surface area contributed by atoms with Gasteiger partial charge in [-0.1, -0.05) is 0 Å². The number of aromatic nitrogens is 1. The lowest BCUT2D eigenvalue weighted by Crippen LogP contribution is -2.39. The molecular weight excluding hydrogens is 393 g/mol. The molecule has 8 heteroatoms. The van der Waals surface area contributed by atoms with Crippen LogP contribution in [0, 0.1) is 5.41 Å². The zero-order valence-electron chi connectivity index (χ0n) is 15.3. The normalized spacial score (nSPS) is 23.9. The van der Waals surface area contributed by atoms with Crippen LogP contribution in [0.5, 0.6) is 0 Å². The van der Waals surface area contributed by atoms with Crippen LogP contribution in [0.2, 0.25) is 0 Å². The van der Waals surface area contributed by atoms with Crippen molar-refractivity contribution in [3.8, 4) is 0 Å². The number of hydrogen-bond acceptors (Lipinski definition) is 6.